The van der Waals surface area contributed by atoms with E-state index >= 15 is 0 Å². The van der Waals surface area contributed by atoms with Crippen LogP contribution in [-0.4, -0.2) is 0 Å². The summed E-state index contributed by atoms with van der Waals surface area (Å²) in [5.74, 6) is 0. The molecule has 0 aliphatic heterocycles. The number of benzene rings is 2. The van der Waals surface area contributed by atoms with Crippen LogP contribution in [0, 0.1) is 3.57 Å². The van der Waals surface area contributed by atoms with Crippen molar-refractivity contribution >= 4 is 51.6 Å². The monoisotopic (exact) mass is 361 g/mol. The summed E-state index contributed by atoms with van der Waals surface area (Å²) in [6.45, 7) is 0. The van der Waals surface area contributed by atoms with E-state index in [1.165, 1.54) is 9.79 Å². The van der Waals surface area contributed by atoms with Crippen molar-refractivity contribution in [2.75, 3.05) is 5.73 Å². The van der Waals surface area contributed by atoms with Gasteiger partial charge in [-0.1, -0.05) is 23.4 Å². The largest absolute Gasteiger partial charge is 0.399 e. The second-order valence-electron chi connectivity index (χ2n) is 3.25. The normalized spacial score (nSPS) is 10.4. The van der Waals surface area contributed by atoms with E-state index in [4.69, 9.17) is 17.3 Å². The highest BCUT2D eigenvalue weighted by Gasteiger charge is 2.02. The Hall–Kier alpha value is -0.390. The lowest BCUT2D eigenvalue weighted by atomic mass is 10.3. The SMILES string of the molecule is Nc1ccc(Sc2ccc(Cl)cc2I)cc1. The zero-order chi connectivity index (χ0) is 11.5. The van der Waals surface area contributed by atoms with E-state index in [9.17, 15) is 0 Å². The van der Waals surface area contributed by atoms with Crippen LogP contribution < -0.4 is 5.73 Å². The zero-order valence-electron chi connectivity index (χ0n) is 8.28. The second kappa shape index (κ2) is 5.29. The first-order valence-corrected chi connectivity index (χ1v) is 6.91. The van der Waals surface area contributed by atoms with Crippen molar-refractivity contribution in [1.82, 2.24) is 0 Å². The minimum atomic E-state index is 0.769. The van der Waals surface area contributed by atoms with Gasteiger partial charge in [-0.05, 0) is 65.1 Å². The summed E-state index contributed by atoms with van der Waals surface area (Å²) in [5.41, 5.74) is 6.43. The number of nitrogen functional groups attached to an aromatic ring is 1. The molecule has 4 heteroatoms. The summed E-state index contributed by atoms with van der Waals surface area (Å²) in [7, 11) is 0. The Labute approximate surface area is 118 Å². The Morgan fingerprint density at radius 1 is 1.06 bits per heavy atom. The van der Waals surface area contributed by atoms with Crippen LogP contribution in [-0.2, 0) is 0 Å². The molecule has 2 aromatic carbocycles. The summed E-state index contributed by atoms with van der Waals surface area (Å²) < 4.78 is 1.16. The Bertz CT molecular complexity index is 499. The summed E-state index contributed by atoms with van der Waals surface area (Å²) in [4.78, 5) is 2.38. The van der Waals surface area contributed by atoms with Crippen LogP contribution in [0.5, 0.6) is 0 Å². The number of anilines is 1. The van der Waals surface area contributed by atoms with Crippen molar-refractivity contribution < 1.29 is 0 Å². The van der Waals surface area contributed by atoms with E-state index < -0.39 is 0 Å². The van der Waals surface area contributed by atoms with Crippen LogP contribution in [0.3, 0.4) is 0 Å². The van der Waals surface area contributed by atoms with Gasteiger partial charge in [0.15, 0.2) is 0 Å². The van der Waals surface area contributed by atoms with Gasteiger partial charge in [-0.15, -0.1) is 0 Å². The van der Waals surface area contributed by atoms with Gasteiger partial charge in [0.25, 0.3) is 0 Å². The number of halogens is 2. The van der Waals surface area contributed by atoms with E-state index in [2.05, 4.69) is 22.6 Å². The van der Waals surface area contributed by atoms with E-state index in [-0.39, 0.29) is 0 Å². The molecule has 0 saturated heterocycles. The fourth-order valence-electron chi connectivity index (χ4n) is 1.22. The van der Waals surface area contributed by atoms with Crippen LogP contribution >= 0.6 is 46.0 Å². The van der Waals surface area contributed by atoms with Crippen molar-refractivity contribution in [2.45, 2.75) is 9.79 Å². The predicted octanol–water partition coefficient (Wildman–Crippen LogP) is 4.68. The highest BCUT2D eigenvalue weighted by atomic mass is 127. The molecule has 2 rings (SSSR count). The molecular formula is C12H9ClINS. The first-order valence-electron chi connectivity index (χ1n) is 4.63. The first-order chi connectivity index (χ1) is 7.65. The number of hydrogen-bond donors (Lipinski definition) is 1. The van der Waals surface area contributed by atoms with Crippen molar-refractivity contribution in [3.63, 3.8) is 0 Å². The maximum atomic E-state index is 5.91. The molecule has 0 unspecified atom stereocenters. The van der Waals surface area contributed by atoms with Crippen LogP contribution in [0.1, 0.15) is 0 Å². The Kier molecular flexibility index (Phi) is 4.00. The van der Waals surface area contributed by atoms with Crippen molar-refractivity contribution in [3.8, 4) is 0 Å². The molecule has 0 aliphatic carbocycles. The number of rotatable bonds is 2. The lowest BCUT2D eigenvalue weighted by Crippen LogP contribution is -1.83. The summed E-state index contributed by atoms with van der Waals surface area (Å²) in [6, 6.07) is 13.8. The molecule has 0 saturated carbocycles. The molecule has 0 amide bonds. The summed E-state index contributed by atoms with van der Waals surface area (Å²) >= 11 is 9.91. The first kappa shape index (κ1) is 12.1. The minimum Gasteiger partial charge on any atom is -0.399 e. The molecule has 82 valence electrons. The number of hydrogen-bond acceptors (Lipinski definition) is 2. The molecule has 0 heterocycles. The highest BCUT2D eigenvalue weighted by Crippen LogP contribution is 2.32. The van der Waals surface area contributed by atoms with Gasteiger partial charge in [-0.3, -0.25) is 0 Å². The Morgan fingerprint density at radius 3 is 2.38 bits per heavy atom. The van der Waals surface area contributed by atoms with Crippen molar-refractivity contribution in [1.29, 1.82) is 0 Å². The molecule has 0 aromatic heterocycles. The highest BCUT2D eigenvalue weighted by molar-refractivity contribution is 14.1. The molecule has 2 N–H and O–H groups in total. The van der Waals surface area contributed by atoms with E-state index in [1.807, 2.05) is 42.5 Å². The third-order valence-corrected chi connectivity index (χ3v) is 4.58. The van der Waals surface area contributed by atoms with Gasteiger partial charge >= 0.3 is 0 Å². The molecule has 0 aliphatic rings. The molecule has 16 heavy (non-hydrogen) atoms. The lowest BCUT2D eigenvalue weighted by molar-refractivity contribution is 1.37. The fraction of sp³-hybridized carbons (Fsp3) is 0. The average Bonchev–Trinajstić information content (AvgIpc) is 2.25. The molecule has 0 bridgehead atoms. The van der Waals surface area contributed by atoms with Crippen molar-refractivity contribution in [2.24, 2.45) is 0 Å². The lowest BCUT2D eigenvalue weighted by Gasteiger charge is -2.05. The Morgan fingerprint density at radius 2 is 1.75 bits per heavy atom. The quantitative estimate of drug-likeness (QED) is 0.621. The van der Waals surface area contributed by atoms with Gasteiger partial charge in [0.2, 0.25) is 0 Å². The third-order valence-electron chi connectivity index (χ3n) is 2.00. The molecule has 0 atom stereocenters. The minimum absolute atomic E-state index is 0.769. The van der Waals surface area contributed by atoms with E-state index in [0.717, 1.165) is 14.3 Å². The maximum Gasteiger partial charge on any atom is 0.0417 e. The standard InChI is InChI=1S/C12H9ClINS/c13-8-1-6-12(11(14)7-8)16-10-4-2-9(15)3-5-10/h1-7H,15H2. The fourth-order valence-corrected chi connectivity index (χ4v) is 3.24. The third kappa shape index (κ3) is 3.06. The molecule has 1 nitrogen and oxygen atoms in total. The smallest absolute Gasteiger partial charge is 0.0417 e. The predicted molar refractivity (Wildman–Crippen MR) is 79.1 cm³/mol. The van der Waals surface area contributed by atoms with E-state index in [1.54, 1.807) is 11.8 Å². The summed E-state index contributed by atoms with van der Waals surface area (Å²) in [6.07, 6.45) is 0. The van der Waals surface area contributed by atoms with Crippen LogP contribution in [0.2, 0.25) is 5.02 Å². The second-order valence-corrected chi connectivity index (χ2v) is 5.96. The van der Waals surface area contributed by atoms with Gasteiger partial charge < -0.3 is 5.73 Å². The molecule has 0 spiro atoms. The van der Waals surface area contributed by atoms with Gasteiger partial charge in [0.05, 0.1) is 0 Å². The van der Waals surface area contributed by atoms with Gasteiger partial charge in [0.1, 0.15) is 0 Å². The van der Waals surface area contributed by atoms with E-state index in [0.29, 0.717) is 0 Å². The van der Waals surface area contributed by atoms with Gasteiger partial charge in [-0.25, -0.2) is 0 Å². The molecule has 0 radical (unpaired) electrons. The molecular weight excluding hydrogens is 353 g/mol. The van der Waals surface area contributed by atoms with Gasteiger partial charge in [0, 0.05) is 24.1 Å². The topological polar surface area (TPSA) is 26.0 Å². The van der Waals surface area contributed by atoms with Crippen molar-refractivity contribution in [3.05, 3.63) is 51.1 Å². The Balaban J connectivity index is 2.23. The van der Waals surface area contributed by atoms with Crippen LogP contribution in [0.4, 0.5) is 5.69 Å². The zero-order valence-corrected chi connectivity index (χ0v) is 12.0. The number of nitrogens with two attached hydrogens (primary N) is 1. The maximum absolute atomic E-state index is 5.91. The van der Waals surface area contributed by atoms with Crippen LogP contribution in [0.25, 0.3) is 0 Å². The molecule has 2 aromatic rings. The van der Waals surface area contributed by atoms with Gasteiger partial charge in [-0.2, -0.15) is 0 Å². The average molecular weight is 362 g/mol. The molecule has 0 fully saturated rings. The van der Waals surface area contributed by atoms with Crippen LogP contribution in [0.15, 0.2) is 52.3 Å². The summed E-state index contributed by atoms with van der Waals surface area (Å²) in [5, 5.41) is 0.769.